The standard InChI is InChI=1S/C11H21ClO/c1-9(2)5-3-6-10-7-4-8-13-11(10)12/h9-11H,3-8H2,1-2H3. The fourth-order valence-corrected chi connectivity index (χ4v) is 2.21. The van der Waals surface area contributed by atoms with Gasteiger partial charge in [-0.3, -0.25) is 0 Å². The first-order valence-corrected chi connectivity index (χ1v) is 5.89. The van der Waals surface area contributed by atoms with E-state index in [1.54, 1.807) is 0 Å². The van der Waals surface area contributed by atoms with E-state index in [-0.39, 0.29) is 5.56 Å². The molecule has 0 bridgehead atoms. The zero-order valence-electron chi connectivity index (χ0n) is 8.76. The van der Waals surface area contributed by atoms with E-state index in [4.69, 9.17) is 16.3 Å². The first-order chi connectivity index (χ1) is 6.20. The van der Waals surface area contributed by atoms with Gasteiger partial charge in [0.1, 0.15) is 5.56 Å². The molecule has 0 saturated carbocycles. The first-order valence-electron chi connectivity index (χ1n) is 5.46. The molecule has 2 unspecified atom stereocenters. The number of alkyl halides is 1. The van der Waals surface area contributed by atoms with Crippen LogP contribution in [-0.4, -0.2) is 12.2 Å². The van der Waals surface area contributed by atoms with Crippen molar-refractivity contribution in [3.8, 4) is 0 Å². The predicted molar refractivity (Wildman–Crippen MR) is 57.0 cm³/mol. The van der Waals surface area contributed by atoms with Crippen LogP contribution >= 0.6 is 11.6 Å². The second-order valence-corrected chi connectivity index (χ2v) is 4.88. The van der Waals surface area contributed by atoms with Crippen LogP contribution in [0.5, 0.6) is 0 Å². The molecule has 0 amide bonds. The number of halogens is 1. The maximum atomic E-state index is 6.08. The maximum absolute atomic E-state index is 6.08. The molecule has 0 aliphatic carbocycles. The minimum absolute atomic E-state index is 0.0130. The largest absolute Gasteiger partial charge is 0.362 e. The van der Waals surface area contributed by atoms with Crippen molar-refractivity contribution in [2.24, 2.45) is 11.8 Å². The molecule has 1 nitrogen and oxygen atoms in total. The van der Waals surface area contributed by atoms with Crippen LogP contribution in [0.15, 0.2) is 0 Å². The average molecular weight is 205 g/mol. The van der Waals surface area contributed by atoms with Gasteiger partial charge in [0, 0.05) is 6.61 Å². The SMILES string of the molecule is CC(C)CCCC1CCCOC1Cl. The van der Waals surface area contributed by atoms with Gasteiger partial charge in [-0.1, -0.05) is 38.3 Å². The molecule has 1 saturated heterocycles. The molecule has 1 fully saturated rings. The summed E-state index contributed by atoms with van der Waals surface area (Å²) in [5.41, 5.74) is -0.0130. The second kappa shape index (κ2) is 5.87. The van der Waals surface area contributed by atoms with E-state index in [0.29, 0.717) is 5.92 Å². The van der Waals surface area contributed by atoms with Crippen molar-refractivity contribution in [3.05, 3.63) is 0 Å². The molecule has 0 radical (unpaired) electrons. The Hall–Kier alpha value is 0.250. The quantitative estimate of drug-likeness (QED) is 0.633. The van der Waals surface area contributed by atoms with E-state index in [0.717, 1.165) is 12.5 Å². The van der Waals surface area contributed by atoms with Crippen LogP contribution in [0.1, 0.15) is 46.0 Å². The molecule has 0 N–H and O–H groups in total. The predicted octanol–water partition coefficient (Wildman–Crippen LogP) is 3.80. The molecule has 1 aliphatic heterocycles. The number of hydrogen-bond acceptors (Lipinski definition) is 1. The molecule has 1 rings (SSSR count). The molecule has 0 aromatic heterocycles. The summed E-state index contributed by atoms with van der Waals surface area (Å²) in [4.78, 5) is 0. The zero-order valence-corrected chi connectivity index (χ0v) is 9.52. The van der Waals surface area contributed by atoms with E-state index in [9.17, 15) is 0 Å². The molecule has 0 spiro atoms. The third-order valence-corrected chi connectivity index (χ3v) is 3.21. The van der Waals surface area contributed by atoms with Crippen molar-refractivity contribution in [3.63, 3.8) is 0 Å². The highest BCUT2D eigenvalue weighted by molar-refractivity contribution is 6.19. The molecule has 0 aromatic carbocycles. The van der Waals surface area contributed by atoms with Gasteiger partial charge < -0.3 is 4.74 Å². The van der Waals surface area contributed by atoms with Gasteiger partial charge in [-0.25, -0.2) is 0 Å². The van der Waals surface area contributed by atoms with E-state index in [1.165, 1.54) is 32.1 Å². The number of hydrogen-bond donors (Lipinski definition) is 0. The Morgan fingerprint density at radius 1 is 1.46 bits per heavy atom. The van der Waals surface area contributed by atoms with Crippen LogP contribution < -0.4 is 0 Å². The Bertz CT molecular complexity index is 136. The molecule has 2 heteroatoms. The summed E-state index contributed by atoms with van der Waals surface area (Å²) >= 11 is 6.08. The fourth-order valence-electron chi connectivity index (χ4n) is 1.87. The van der Waals surface area contributed by atoms with Gasteiger partial charge in [-0.15, -0.1) is 0 Å². The van der Waals surface area contributed by atoms with Crippen molar-refractivity contribution >= 4 is 11.6 Å². The third-order valence-electron chi connectivity index (χ3n) is 2.72. The summed E-state index contributed by atoms with van der Waals surface area (Å²) in [5.74, 6) is 1.42. The molecule has 2 atom stereocenters. The van der Waals surface area contributed by atoms with Crippen molar-refractivity contribution in [1.29, 1.82) is 0 Å². The fraction of sp³-hybridized carbons (Fsp3) is 1.00. The zero-order chi connectivity index (χ0) is 9.68. The Labute approximate surface area is 86.8 Å². The first kappa shape index (κ1) is 11.3. The minimum Gasteiger partial charge on any atom is -0.362 e. The molecule has 0 aromatic rings. The number of rotatable bonds is 4. The third kappa shape index (κ3) is 4.33. The van der Waals surface area contributed by atoms with Gasteiger partial charge in [0.15, 0.2) is 0 Å². The summed E-state index contributed by atoms with van der Waals surface area (Å²) in [6.07, 6.45) is 6.31. The van der Waals surface area contributed by atoms with Gasteiger partial charge in [0.2, 0.25) is 0 Å². The summed E-state index contributed by atoms with van der Waals surface area (Å²) in [6, 6.07) is 0. The van der Waals surface area contributed by atoms with Gasteiger partial charge in [-0.05, 0) is 31.1 Å². The summed E-state index contributed by atoms with van der Waals surface area (Å²) in [7, 11) is 0. The molecule has 13 heavy (non-hydrogen) atoms. The van der Waals surface area contributed by atoms with Crippen LogP contribution in [0, 0.1) is 11.8 Å². The van der Waals surface area contributed by atoms with Gasteiger partial charge in [0.05, 0.1) is 0 Å². The molecule has 1 heterocycles. The summed E-state index contributed by atoms with van der Waals surface area (Å²) < 4.78 is 5.41. The molecule has 78 valence electrons. The lowest BCUT2D eigenvalue weighted by molar-refractivity contribution is 0.0211. The topological polar surface area (TPSA) is 9.23 Å². The highest BCUT2D eigenvalue weighted by Crippen LogP contribution is 2.28. The van der Waals surface area contributed by atoms with Crippen LogP contribution in [0.25, 0.3) is 0 Å². The van der Waals surface area contributed by atoms with Crippen molar-refractivity contribution in [1.82, 2.24) is 0 Å². The molecular formula is C11H21ClO. The van der Waals surface area contributed by atoms with Gasteiger partial charge in [-0.2, -0.15) is 0 Å². The Morgan fingerprint density at radius 3 is 2.85 bits per heavy atom. The van der Waals surface area contributed by atoms with E-state index >= 15 is 0 Å². The smallest absolute Gasteiger partial charge is 0.133 e. The Balaban J connectivity index is 2.11. The summed E-state index contributed by atoms with van der Waals surface area (Å²) in [6.45, 7) is 5.40. The van der Waals surface area contributed by atoms with Gasteiger partial charge >= 0.3 is 0 Å². The maximum Gasteiger partial charge on any atom is 0.133 e. The van der Waals surface area contributed by atoms with Crippen LogP contribution in [0.3, 0.4) is 0 Å². The monoisotopic (exact) mass is 204 g/mol. The van der Waals surface area contributed by atoms with Crippen molar-refractivity contribution in [2.45, 2.75) is 51.5 Å². The Kier molecular flexibility index (Phi) is 5.12. The normalized spacial score (nSPS) is 29.5. The van der Waals surface area contributed by atoms with Gasteiger partial charge in [0.25, 0.3) is 0 Å². The Morgan fingerprint density at radius 2 is 2.23 bits per heavy atom. The van der Waals surface area contributed by atoms with Crippen LogP contribution in [-0.2, 0) is 4.74 Å². The number of ether oxygens (including phenoxy) is 1. The van der Waals surface area contributed by atoms with E-state index in [2.05, 4.69) is 13.8 Å². The minimum atomic E-state index is -0.0130. The lowest BCUT2D eigenvalue weighted by Crippen LogP contribution is -2.24. The highest BCUT2D eigenvalue weighted by atomic mass is 35.5. The molecule has 1 aliphatic rings. The lowest BCUT2D eigenvalue weighted by Gasteiger charge is -2.27. The second-order valence-electron chi connectivity index (χ2n) is 4.45. The van der Waals surface area contributed by atoms with Crippen LogP contribution in [0.2, 0.25) is 0 Å². The van der Waals surface area contributed by atoms with Crippen LogP contribution in [0.4, 0.5) is 0 Å². The van der Waals surface area contributed by atoms with Crippen molar-refractivity contribution < 1.29 is 4.74 Å². The molecular weight excluding hydrogens is 184 g/mol. The summed E-state index contributed by atoms with van der Waals surface area (Å²) in [5, 5.41) is 0. The average Bonchev–Trinajstić information content (AvgIpc) is 2.08. The van der Waals surface area contributed by atoms with E-state index in [1.807, 2.05) is 0 Å². The van der Waals surface area contributed by atoms with E-state index < -0.39 is 0 Å². The lowest BCUT2D eigenvalue weighted by atomic mass is 9.94. The van der Waals surface area contributed by atoms with Crippen molar-refractivity contribution in [2.75, 3.05) is 6.61 Å². The highest BCUT2D eigenvalue weighted by Gasteiger charge is 2.23.